The fraction of sp³-hybridized carbons (Fsp3) is 0.444. The van der Waals surface area contributed by atoms with Crippen LogP contribution in [0.25, 0.3) is 0 Å². The van der Waals surface area contributed by atoms with Crippen molar-refractivity contribution < 1.29 is 4.79 Å². The first kappa shape index (κ1) is 23.0. The van der Waals surface area contributed by atoms with Crippen molar-refractivity contribution in [2.45, 2.75) is 68.4 Å². The first-order valence-electron chi connectivity index (χ1n) is 12.3. The fourth-order valence-electron chi connectivity index (χ4n) is 5.86. The van der Waals surface area contributed by atoms with Gasteiger partial charge in [0.05, 0.1) is 12.0 Å². The molecule has 2 saturated carbocycles. The van der Waals surface area contributed by atoms with Gasteiger partial charge in [-0.15, -0.1) is 21.8 Å². The van der Waals surface area contributed by atoms with Crippen LogP contribution in [0.1, 0.15) is 71.9 Å². The van der Waals surface area contributed by atoms with Crippen molar-refractivity contribution in [3.63, 3.8) is 0 Å². The zero-order valence-corrected chi connectivity index (χ0v) is 21.5. The molecule has 2 heterocycles. The predicted molar refractivity (Wildman–Crippen MR) is 138 cm³/mol. The van der Waals surface area contributed by atoms with Gasteiger partial charge in [0.2, 0.25) is 0 Å². The molecule has 6 rings (SSSR count). The number of carbonyl (C=O) groups is 1. The van der Waals surface area contributed by atoms with Gasteiger partial charge >= 0.3 is 0 Å². The van der Waals surface area contributed by atoms with Gasteiger partial charge < -0.3 is 14.8 Å². The molecule has 0 bridgehead atoms. The second kappa shape index (κ2) is 8.32. The molecule has 3 aromatic rings. The molecule has 2 aliphatic carbocycles. The van der Waals surface area contributed by atoms with E-state index in [9.17, 15) is 4.79 Å². The Labute approximate surface area is 215 Å². The summed E-state index contributed by atoms with van der Waals surface area (Å²) in [5.74, 6) is 0.898. The quantitative estimate of drug-likeness (QED) is 0.455. The molecular formula is C27H29Cl2N5O. The number of hydrogen-bond acceptors (Lipinski definition) is 4. The Bertz CT molecular complexity index is 1310. The Morgan fingerprint density at radius 2 is 2.00 bits per heavy atom. The largest absolute Gasteiger partial charge is 0.320 e. The van der Waals surface area contributed by atoms with Gasteiger partial charge in [0.15, 0.2) is 0 Å². The maximum Gasteiger partial charge on any atom is 0.258 e. The third-order valence-corrected chi connectivity index (χ3v) is 8.86. The Morgan fingerprint density at radius 3 is 2.66 bits per heavy atom. The number of halogens is 2. The van der Waals surface area contributed by atoms with Gasteiger partial charge in [-0.2, -0.15) is 0 Å². The average molecular weight is 510 g/mol. The lowest BCUT2D eigenvalue weighted by Crippen LogP contribution is -2.47. The van der Waals surface area contributed by atoms with E-state index in [1.807, 2.05) is 40.8 Å². The third kappa shape index (κ3) is 3.78. The van der Waals surface area contributed by atoms with Crippen LogP contribution in [0.3, 0.4) is 0 Å². The number of benzene rings is 2. The SMILES string of the molecule is Cn1cnnc1[C@]1(c2cccc(N3Cc4c(Cl)cc(CNC5(C)CCC5)cc4C3=O)c2)C[C@H](Cl)C1. The van der Waals surface area contributed by atoms with Crippen LogP contribution < -0.4 is 10.2 Å². The molecule has 2 aromatic carbocycles. The molecule has 6 nitrogen and oxygen atoms in total. The molecule has 0 unspecified atom stereocenters. The van der Waals surface area contributed by atoms with Crippen molar-refractivity contribution in [3.8, 4) is 0 Å². The summed E-state index contributed by atoms with van der Waals surface area (Å²) in [5, 5.41) is 12.9. The van der Waals surface area contributed by atoms with Gasteiger partial charge in [-0.05, 0) is 74.4 Å². The van der Waals surface area contributed by atoms with Crippen molar-refractivity contribution in [2.75, 3.05) is 4.90 Å². The van der Waals surface area contributed by atoms with E-state index in [0.717, 1.165) is 41.0 Å². The zero-order valence-electron chi connectivity index (χ0n) is 20.0. The number of aromatic nitrogens is 3. The van der Waals surface area contributed by atoms with Crippen molar-refractivity contribution in [1.82, 2.24) is 20.1 Å². The van der Waals surface area contributed by atoms with Crippen molar-refractivity contribution in [1.29, 1.82) is 0 Å². The third-order valence-electron chi connectivity index (χ3n) is 8.21. The summed E-state index contributed by atoms with van der Waals surface area (Å²) in [7, 11) is 1.96. The highest BCUT2D eigenvalue weighted by atomic mass is 35.5. The molecule has 1 amide bonds. The van der Waals surface area contributed by atoms with E-state index in [-0.39, 0.29) is 22.2 Å². The summed E-state index contributed by atoms with van der Waals surface area (Å²) in [6, 6.07) is 12.2. The molecule has 0 spiro atoms. The molecular weight excluding hydrogens is 481 g/mol. The van der Waals surface area contributed by atoms with Crippen LogP contribution >= 0.6 is 23.2 Å². The zero-order chi connectivity index (χ0) is 24.4. The summed E-state index contributed by atoms with van der Waals surface area (Å²) in [6.45, 7) is 3.44. The van der Waals surface area contributed by atoms with Gasteiger partial charge in [-0.3, -0.25) is 4.79 Å². The monoisotopic (exact) mass is 509 g/mol. The van der Waals surface area contributed by atoms with E-state index in [1.54, 1.807) is 6.33 Å². The summed E-state index contributed by atoms with van der Waals surface area (Å²) in [6.07, 6.45) is 6.96. The average Bonchev–Trinajstić information content (AvgIpc) is 3.38. The minimum Gasteiger partial charge on any atom is -0.320 e. The predicted octanol–water partition coefficient (Wildman–Crippen LogP) is 5.35. The molecule has 1 aliphatic heterocycles. The Kier molecular flexibility index (Phi) is 5.47. The second-order valence-corrected chi connectivity index (χ2v) is 11.7. The Hall–Kier alpha value is -2.41. The Balaban J connectivity index is 1.29. The van der Waals surface area contributed by atoms with E-state index in [0.29, 0.717) is 23.7 Å². The van der Waals surface area contributed by atoms with E-state index in [4.69, 9.17) is 23.2 Å². The lowest BCUT2D eigenvalue weighted by molar-refractivity contribution is 0.0996. The number of hydrogen-bond donors (Lipinski definition) is 1. The summed E-state index contributed by atoms with van der Waals surface area (Å²) in [5.41, 5.74) is 4.52. The maximum atomic E-state index is 13.5. The van der Waals surface area contributed by atoms with Crippen molar-refractivity contribution in [2.24, 2.45) is 7.05 Å². The first-order valence-corrected chi connectivity index (χ1v) is 13.1. The molecule has 0 atom stereocenters. The van der Waals surface area contributed by atoms with Crippen LogP contribution in [0, 0.1) is 0 Å². The van der Waals surface area contributed by atoms with Gasteiger partial charge in [-0.25, -0.2) is 0 Å². The highest BCUT2D eigenvalue weighted by molar-refractivity contribution is 6.32. The molecule has 35 heavy (non-hydrogen) atoms. The molecule has 1 N–H and O–H groups in total. The first-order chi connectivity index (χ1) is 16.8. The second-order valence-electron chi connectivity index (χ2n) is 10.7. The lowest BCUT2D eigenvalue weighted by Gasteiger charge is -2.44. The van der Waals surface area contributed by atoms with Crippen LogP contribution in [-0.4, -0.2) is 31.6 Å². The Morgan fingerprint density at radius 1 is 1.20 bits per heavy atom. The van der Waals surface area contributed by atoms with Crippen LogP contribution in [0.4, 0.5) is 5.69 Å². The maximum absolute atomic E-state index is 13.5. The number of aryl methyl sites for hydroxylation is 1. The number of rotatable bonds is 6. The highest BCUT2D eigenvalue weighted by Crippen LogP contribution is 2.51. The minimum atomic E-state index is -0.294. The number of nitrogens with one attached hydrogen (secondary N) is 1. The molecule has 3 aliphatic rings. The topological polar surface area (TPSA) is 63.1 Å². The van der Waals surface area contributed by atoms with Gasteiger partial charge in [-0.1, -0.05) is 23.7 Å². The highest BCUT2D eigenvalue weighted by Gasteiger charge is 2.49. The summed E-state index contributed by atoms with van der Waals surface area (Å²) in [4.78, 5) is 15.4. The van der Waals surface area contributed by atoms with Crippen LogP contribution in [0.2, 0.25) is 5.02 Å². The van der Waals surface area contributed by atoms with Crippen LogP contribution in [-0.2, 0) is 25.6 Å². The van der Waals surface area contributed by atoms with Crippen LogP contribution in [0.5, 0.6) is 0 Å². The van der Waals surface area contributed by atoms with E-state index < -0.39 is 0 Å². The molecule has 8 heteroatoms. The minimum absolute atomic E-state index is 0.00714. The fourth-order valence-corrected chi connectivity index (χ4v) is 6.69. The normalized spacial score (nSPS) is 24.7. The smallest absolute Gasteiger partial charge is 0.258 e. The van der Waals surface area contributed by atoms with Gasteiger partial charge in [0, 0.05) is 46.3 Å². The van der Waals surface area contributed by atoms with Crippen molar-refractivity contribution >= 4 is 34.8 Å². The number of anilines is 1. The van der Waals surface area contributed by atoms with Crippen molar-refractivity contribution in [3.05, 3.63) is 75.8 Å². The molecule has 1 aromatic heterocycles. The molecule has 0 radical (unpaired) electrons. The van der Waals surface area contributed by atoms with Gasteiger partial charge in [0.25, 0.3) is 5.91 Å². The van der Waals surface area contributed by atoms with E-state index >= 15 is 0 Å². The number of amides is 1. The summed E-state index contributed by atoms with van der Waals surface area (Å²) >= 11 is 13.1. The van der Waals surface area contributed by atoms with E-state index in [1.165, 1.54) is 19.3 Å². The number of carbonyl (C=O) groups excluding carboxylic acids is 1. The summed E-state index contributed by atoms with van der Waals surface area (Å²) < 4.78 is 1.96. The van der Waals surface area contributed by atoms with Gasteiger partial charge in [0.1, 0.15) is 12.2 Å². The molecule has 0 saturated heterocycles. The van der Waals surface area contributed by atoms with E-state index in [2.05, 4.69) is 34.6 Å². The molecule has 2 fully saturated rings. The molecule has 182 valence electrons. The number of alkyl halides is 1. The standard InChI is InChI=1S/C27H29Cl2N5O/c1-26(7-4-8-26)30-14-17-9-21-22(23(29)10-17)15-34(24(21)35)20-6-3-5-18(11-20)27(12-19(28)13-27)25-32-31-16-33(25)2/h3,5-6,9-11,16,19,30H,4,7-8,12-15H2,1-2H3/t19-,27+. The number of fused-ring (bicyclic) bond motifs is 1. The number of nitrogens with zero attached hydrogens (tertiary/aromatic N) is 4. The lowest BCUT2D eigenvalue weighted by atomic mass is 9.63. The van der Waals surface area contributed by atoms with Crippen LogP contribution in [0.15, 0.2) is 42.7 Å².